The summed E-state index contributed by atoms with van der Waals surface area (Å²) in [5.41, 5.74) is 0. The van der Waals surface area contributed by atoms with E-state index in [1.807, 2.05) is 18.7 Å². The van der Waals surface area contributed by atoms with Crippen LogP contribution in [0.3, 0.4) is 0 Å². The summed E-state index contributed by atoms with van der Waals surface area (Å²) < 4.78 is 0. The van der Waals surface area contributed by atoms with Crippen LogP contribution >= 0.6 is 0 Å². The highest BCUT2D eigenvalue weighted by molar-refractivity contribution is 5.76. The molecule has 1 fully saturated rings. The lowest BCUT2D eigenvalue weighted by molar-refractivity contribution is -0.130. The summed E-state index contributed by atoms with van der Waals surface area (Å²) in [7, 11) is 0. The highest BCUT2D eigenvalue weighted by Crippen LogP contribution is 2.09. The van der Waals surface area contributed by atoms with Gasteiger partial charge in [-0.3, -0.25) is 4.79 Å². The van der Waals surface area contributed by atoms with E-state index in [4.69, 9.17) is 0 Å². The van der Waals surface area contributed by atoms with Crippen molar-refractivity contribution in [1.29, 1.82) is 0 Å². The number of likely N-dealkylation sites (tertiary alicyclic amines) is 1. The summed E-state index contributed by atoms with van der Waals surface area (Å²) in [6.07, 6.45) is 2.26. The Labute approximate surface area is 98.2 Å². The Morgan fingerprint density at radius 2 is 2.12 bits per heavy atom. The van der Waals surface area contributed by atoms with Crippen molar-refractivity contribution in [2.45, 2.75) is 39.2 Å². The van der Waals surface area contributed by atoms with Crippen LogP contribution in [0, 0.1) is 0 Å². The fourth-order valence-electron chi connectivity index (χ4n) is 2.20. The monoisotopic (exact) mass is 228 g/mol. The molecule has 4 nitrogen and oxygen atoms in total. The third kappa shape index (κ3) is 4.10. The number of amides is 1. The number of nitrogens with zero attached hydrogens (tertiary/aromatic N) is 2. The van der Waals surface area contributed by atoms with Crippen LogP contribution in [0.2, 0.25) is 0 Å². The van der Waals surface area contributed by atoms with Crippen molar-refractivity contribution in [2.24, 2.45) is 0 Å². The zero-order valence-corrected chi connectivity index (χ0v) is 10.5. The molecule has 0 aromatic heterocycles. The van der Waals surface area contributed by atoms with E-state index in [9.17, 15) is 9.90 Å². The molecular formula is C12H24N2O2. The van der Waals surface area contributed by atoms with Gasteiger partial charge in [0.25, 0.3) is 0 Å². The van der Waals surface area contributed by atoms with Gasteiger partial charge in [0, 0.05) is 32.6 Å². The first-order valence-electron chi connectivity index (χ1n) is 6.35. The third-order valence-electron chi connectivity index (χ3n) is 3.23. The van der Waals surface area contributed by atoms with Gasteiger partial charge in [-0.05, 0) is 33.2 Å². The molecule has 1 aliphatic heterocycles. The normalized spacial score (nSPS) is 21.3. The Hall–Kier alpha value is -0.610. The first-order chi connectivity index (χ1) is 7.67. The van der Waals surface area contributed by atoms with Crippen molar-refractivity contribution >= 4 is 5.91 Å². The number of rotatable bonds is 6. The average Bonchev–Trinajstić information content (AvgIpc) is 2.66. The van der Waals surface area contributed by atoms with Gasteiger partial charge in [0.1, 0.15) is 0 Å². The molecular weight excluding hydrogens is 204 g/mol. The topological polar surface area (TPSA) is 43.8 Å². The van der Waals surface area contributed by atoms with Gasteiger partial charge < -0.3 is 14.9 Å². The van der Waals surface area contributed by atoms with Crippen LogP contribution in [-0.2, 0) is 4.79 Å². The highest BCUT2D eigenvalue weighted by atomic mass is 16.3. The van der Waals surface area contributed by atoms with Gasteiger partial charge in [0.05, 0.1) is 6.10 Å². The summed E-state index contributed by atoms with van der Waals surface area (Å²) >= 11 is 0. The van der Waals surface area contributed by atoms with Gasteiger partial charge in [-0.1, -0.05) is 0 Å². The van der Waals surface area contributed by atoms with Crippen LogP contribution in [0.4, 0.5) is 0 Å². The number of carbonyl (C=O) groups excluding carboxylic acids is 1. The minimum atomic E-state index is -0.154. The predicted molar refractivity (Wildman–Crippen MR) is 64.2 cm³/mol. The Morgan fingerprint density at radius 1 is 1.44 bits per heavy atom. The zero-order valence-electron chi connectivity index (χ0n) is 10.5. The van der Waals surface area contributed by atoms with E-state index in [-0.39, 0.29) is 12.0 Å². The SMILES string of the molecule is CCN(CC)C(=O)CCCN1CC[C@H](O)C1. The Bertz CT molecular complexity index is 217. The van der Waals surface area contributed by atoms with Crippen molar-refractivity contribution in [3.05, 3.63) is 0 Å². The molecule has 1 amide bonds. The molecule has 0 saturated carbocycles. The molecule has 1 rings (SSSR count). The number of β-amino-alcohol motifs (C(OH)–C–C–N with tert-alkyl or cyclic N) is 1. The zero-order chi connectivity index (χ0) is 12.0. The summed E-state index contributed by atoms with van der Waals surface area (Å²) in [4.78, 5) is 15.8. The smallest absolute Gasteiger partial charge is 0.222 e. The van der Waals surface area contributed by atoms with Crippen LogP contribution in [0.25, 0.3) is 0 Å². The first-order valence-corrected chi connectivity index (χ1v) is 6.35. The van der Waals surface area contributed by atoms with Crippen LogP contribution in [-0.4, -0.2) is 59.6 Å². The minimum absolute atomic E-state index is 0.154. The Morgan fingerprint density at radius 3 is 2.62 bits per heavy atom. The van der Waals surface area contributed by atoms with Gasteiger partial charge in [-0.15, -0.1) is 0 Å². The summed E-state index contributed by atoms with van der Waals surface area (Å²) in [6, 6.07) is 0. The van der Waals surface area contributed by atoms with E-state index in [0.717, 1.165) is 45.6 Å². The van der Waals surface area contributed by atoms with Gasteiger partial charge in [0.15, 0.2) is 0 Å². The van der Waals surface area contributed by atoms with E-state index >= 15 is 0 Å². The number of carbonyl (C=O) groups is 1. The molecule has 16 heavy (non-hydrogen) atoms. The number of aliphatic hydroxyl groups is 1. The van der Waals surface area contributed by atoms with Crippen molar-refractivity contribution in [3.8, 4) is 0 Å². The second kappa shape index (κ2) is 6.86. The maximum absolute atomic E-state index is 11.7. The van der Waals surface area contributed by atoms with Crippen molar-refractivity contribution in [3.63, 3.8) is 0 Å². The minimum Gasteiger partial charge on any atom is -0.392 e. The van der Waals surface area contributed by atoms with Gasteiger partial charge in [-0.2, -0.15) is 0 Å². The van der Waals surface area contributed by atoms with Crippen LogP contribution in [0.15, 0.2) is 0 Å². The van der Waals surface area contributed by atoms with E-state index in [0.29, 0.717) is 6.42 Å². The summed E-state index contributed by atoms with van der Waals surface area (Å²) in [5, 5.41) is 9.36. The van der Waals surface area contributed by atoms with E-state index in [2.05, 4.69) is 4.90 Å². The predicted octanol–water partition coefficient (Wildman–Crippen LogP) is 0.702. The Balaban J connectivity index is 2.12. The quantitative estimate of drug-likeness (QED) is 0.728. The second-order valence-corrected chi connectivity index (χ2v) is 4.41. The molecule has 1 heterocycles. The largest absolute Gasteiger partial charge is 0.392 e. The Kier molecular flexibility index (Phi) is 5.77. The van der Waals surface area contributed by atoms with Gasteiger partial charge in [-0.25, -0.2) is 0 Å². The molecule has 1 N–H and O–H groups in total. The molecule has 0 aromatic carbocycles. The lowest BCUT2D eigenvalue weighted by Crippen LogP contribution is -2.31. The van der Waals surface area contributed by atoms with Crippen molar-refractivity contribution < 1.29 is 9.90 Å². The van der Waals surface area contributed by atoms with E-state index < -0.39 is 0 Å². The molecule has 0 bridgehead atoms. The average molecular weight is 228 g/mol. The standard InChI is InChI=1S/C12H24N2O2/c1-3-14(4-2)12(16)6-5-8-13-9-7-11(15)10-13/h11,15H,3-10H2,1-2H3/t11-/m0/s1. The molecule has 1 atom stereocenters. The lowest BCUT2D eigenvalue weighted by atomic mass is 10.2. The van der Waals surface area contributed by atoms with Crippen molar-refractivity contribution in [2.75, 3.05) is 32.7 Å². The maximum Gasteiger partial charge on any atom is 0.222 e. The van der Waals surface area contributed by atoms with Crippen LogP contribution < -0.4 is 0 Å². The van der Waals surface area contributed by atoms with Crippen molar-refractivity contribution in [1.82, 2.24) is 9.80 Å². The van der Waals surface area contributed by atoms with E-state index in [1.165, 1.54) is 0 Å². The maximum atomic E-state index is 11.7. The van der Waals surface area contributed by atoms with Gasteiger partial charge >= 0.3 is 0 Å². The molecule has 4 heteroatoms. The molecule has 94 valence electrons. The number of aliphatic hydroxyl groups excluding tert-OH is 1. The highest BCUT2D eigenvalue weighted by Gasteiger charge is 2.19. The second-order valence-electron chi connectivity index (χ2n) is 4.41. The molecule has 0 spiro atoms. The molecule has 1 saturated heterocycles. The third-order valence-corrected chi connectivity index (χ3v) is 3.23. The first kappa shape index (κ1) is 13.5. The molecule has 1 aliphatic rings. The van der Waals surface area contributed by atoms with E-state index in [1.54, 1.807) is 0 Å². The lowest BCUT2D eigenvalue weighted by Gasteiger charge is -2.19. The molecule has 0 unspecified atom stereocenters. The fraction of sp³-hybridized carbons (Fsp3) is 0.917. The molecule has 0 aromatic rings. The number of hydrogen-bond donors (Lipinski definition) is 1. The summed E-state index contributed by atoms with van der Waals surface area (Å²) in [6.45, 7) is 8.32. The fourth-order valence-corrected chi connectivity index (χ4v) is 2.20. The summed E-state index contributed by atoms with van der Waals surface area (Å²) in [5.74, 6) is 0.254. The van der Waals surface area contributed by atoms with Crippen LogP contribution in [0.5, 0.6) is 0 Å². The van der Waals surface area contributed by atoms with Gasteiger partial charge in [0.2, 0.25) is 5.91 Å². The molecule has 0 aliphatic carbocycles. The number of hydrogen-bond acceptors (Lipinski definition) is 3. The van der Waals surface area contributed by atoms with Crippen LogP contribution in [0.1, 0.15) is 33.1 Å². The molecule has 0 radical (unpaired) electrons.